The van der Waals surface area contributed by atoms with E-state index in [4.69, 9.17) is 28.8 Å². The molecule has 8 nitrogen and oxygen atoms in total. The zero-order valence-electron chi connectivity index (χ0n) is 20.4. The van der Waals surface area contributed by atoms with E-state index in [9.17, 15) is 8.78 Å². The van der Waals surface area contributed by atoms with Crippen LogP contribution in [0.2, 0.25) is 5.02 Å². The monoisotopic (exact) mass is 558 g/mol. The standard InChI is InChI=1S/C20H25ClN8.C6H4F2.2CH4/c1-29-10-15-16(28-29)3-2-12(17(15)21)18(23)19-20(24)27-9-14-11(13(14)8-22)4-5-25-6-7-26-19;7-5-2-1-3-6(8)4-5;;/h2-3,6-7,10-11,13-14H,4-5,8-9,22-23H2,1H3,(H2,24,27);1-4H;2*1H4/b19-18+,25-6?,26-7?;;;. The molecule has 0 spiro atoms. The summed E-state index contributed by atoms with van der Waals surface area (Å²) in [7, 11) is 1.85. The molecule has 5 rings (SSSR count). The molecule has 0 amide bonds. The van der Waals surface area contributed by atoms with Gasteiger partial charge in [-0.1, -0.05) is 32.5 Å². The van der Waals surface area contributed by atoms with Gasteiger partial charge in [0.15, 0.2) is 0 Å². The van der Waals surface area contributed by atoms with Crippen molar-refractivity contribution in [3.8, 4) is 0 Å². The number of amidine groups is 1. The second-order valence-electron chi connectivity index (χ2n) is 8.94. The van der Waals surface area contributed by atoms with Crippen LogP contribution in [0.4, 0.5) is 8.78 Å². The fourth-order valence-corrected chi connectivity index (χ4v) is 4.86. The third-order valence-corrected chi connectivity index (χ3v) is 6.94. The van der Waals surface area contributed by atoms with Crippen LogP contribution in [-0.2, 0) is 7.05 Å². The zero-order chi connectivity index (χ0) is 26.5. The lowest BCUT2D eigenvalue weighted by Gasteiger charge is -2.10. The minimum atomic E-state index is -0.537. The number of hydrogen-bond donors (Lipinski definition) is 3. The van der Waals surface area contributed by atoms with E-state index in [0.717, 1.165) is 29.9 Å². The van der Waals surface area contributed by atoms with Crippen molar-refractivity contribution in [3.63, 3.8) is 0 Å². The third kappa shape index (κ3) is 7.48. The first-order valence-corrected chi connectivity index (χ1v) is 12.2. The lowest BCUT2D eigenvalue weighted by molar-refractivity contribution is 0.583. The van der Waals surface area contributed by atoms with Crippen molar-refractivity contribution in [1.29, 1.82) is 0 Å². The van der Waals surface area contributed by atoms with E-state index < -0.39 is 11.6 Å². The van der Waals surface area contributed by atoms with Gasteiger partial charge < -0.3 is 17.2 Å². The van der Waals surface area contributed by atoms with Gasteiger partial charge in [0, 0.05) is 55.8 Å². The Hall–Kier alpha value is -3.63. The number of aryl methyl sites for hydroxylation is 1. The van der Waals surface area contributed by atoms with Crippen LogP contribution < -0.4 is 17.2 Å². The first-order chi connectivity index (χ1) is 17.8. The number of nitrogens with two attached hydrogens (primary N) is 3. The lowest BCUT2D eigenvalue weighted by atomic mass is 10.1. The van der Waals surface area contributed by atoms with E-state index >= 15 is 0 Å². The third-order valence-electron chi connectivity index (χ3n) is 6.53. The van der Waals surface area contributed by atoms with E-state index in [1.54, 1.807) is 17.1 Å². The molecule has 2 aliphatic rings. The predicted octanol–water partition coefficient (Wildman–Crippen LogP) is 4.81. The fourth-order valence-electron chi connectivity index (χ4n) is 4.55. The van der Waals surface area contributed by atoms with E-state index in [1.165, 1.54) is 18.2 Å². The molecule has 1 aliphatic heterocycles. The Balaban J connectivity index is 0.000000461. The average molecular weight is 559 g/mol. The second-order valence-corrected chi connectivity index (χ2v) is 9.32. The summed E-state index contributed by atoms with van der Waals surface area (Å²) in [5.41, 5.74) is 20.9. The number of halogens is 3. The zero-order valence-corrected chi connectivity index (χ0v) is 21.1. The average Bonchev–Trinajstić information content (AvgIpc) is 3.39. The molecule has 0 bridgehead atoms. The number of nitrogens with zero attached hydrogens (tertiary/aromatic N) is 5. The first-order valence-electron chi connectivity index (χ1n) is 11.9. The molecular formula is C28H37ClF2N8. The summed E-state index contributed by atoms with van der Waals surface area (Å²) >= 11 is 6.62. The van der Waals surface area contributed by atoms with E-state index in [0.29, 0.717) is 52.8 Å². The number of hydrogen-bond acceptors (Lipinski definition) is 7. The van der Waals surface area contributed by atoms with Crippen LogP contribution in [0.3, 0.4) is 0 Å². The van der Waals surface area contributed by atoms with Crippen molar-refractivity contribution in [2.45, 2.75) is 21.3 Å². The normalized spacial score (nSPS) is 21.6. The number of aliphatic imine (C=N–C) groups is 3. The molecular weight excluding hydrogens is 522 g/mol. The Morgan fingerprint density at radius 3 is 2.46 bits per heavy atom. The van der Waals surface area contributed by atoms with Gasteiger partial charge in [-0.15, -0.1) is 0 Å². The molecule has 2 aromatic carbocycles. The number of fused-ring (bicyclic) bond motifs is 2. The highest BCUT2D eigenvalue weighted by Crippen LogP contribution is 2.48. The lowest BCUT2D eigenvalue weighted by Crippen LogP contribution is -2.19. The smallest absolute Gasteiger partial charge is 0.146 e. The highest BCUT2D eigenvalue weighted by atomic mass is 35.5. The maximum atomic E-state index is 11.9. The maximum Gasteiger partial charge on any atom is 0.146 e. The Bertz CT molecular complexity index is 1380. The molecule has 1 aliphatic carbocycles. The van der Waals surface area contributed by atoms with Crippen molar-refractivity contribution in [2.24, 2.45) is 57.0 Å². The van der Waals surface area contributed by atoms with Crippen molar-refractivity contribution in [1.82, 2.24) is 9.78 Å². The minimum Gasteiger partial charge on any atom is -0.396 e. The second kappa shape index (κ2) is 14.0. The molecule has 6 N–H and O–H groups in total. The molecule has 11 heteroatoms. The van der Waals surface area contributed by atoms with Crippen molar-refractivity contribution in [2.75, 3.05) is 19.6 Å². The number of benzene rings is 2. The summed E-state index contributed by atoms with van der Waals surface area (Å²) in [5.74, 6) is 0.689. The van der Waals surface area contributed by atoms with Crippen molar-refractivity contribution in [3.05, 3.63) is 70.5 Å². The first kappa shape index (κ1) is 31.6. The molecule has 1 saturated carbocycles. The van der Waals surface area contributed by atoms with Gasteiger partial charge in [-0.25, -0.2) is 13.8 Å². The van der Waals surface area contributed by atoms with Crippen LogP contribution in [-0.4, -0.2) is 47.7 Å². The van der Waals surface area contributed by atoms with E-state index in [1.807, 2.05) is 25.4 Å². The van der Waals surface area contributed by atoms with Crippen LogP contribution in [0.5, 0.6) is 0 Å². The molecule has 1 fully saturated rings. The largest absolute Gasteiger partial charge is 0.396 e. The Morgan fingerprint density at radius 2 is 1.82 bits per heavy atom. The summed E-state index contributed by atoms with van der Waals surface area (Å²) < 4.78 is 25.6. The highest BCUT2D eigenvalue weighted by molar-refractivity contribution is 6.37. The van der Waals surface area contributed by atoms with Crippen LogP contribution in [0.1, 0.15) is 26.8 Å². The molecule has 0 saturated heterocycles. The van der Waals surface area contributed by atoms with Crippen LogP contribution >= 0.6 is 11.6 Å². The Kier molecular flexibility index (Phi) is 11.3. The van der Waals surface area contributed by atoms with Crippen LogP contribution in [0, 0.1) is 29.4 Å². The fraction of sp³-hybridized carbons (Fsp3) is 0.357. The molecule has 3 aromatic rings. The van der Waals surface area contributed by atoms with Gasteiger partial charge in [-0.3, -0.25) is 14.7 Å². The summed E-state index contributed by atoms with van der Waals surface area (Å²) in [4.78, 5) is 13.4. The summed E-state index contributed by atoms with van der Waals surface area (Å²) in [5, 5.41) is 5.69. The molecule has 210 valence electrons. The van der Waals surface area contributed by atoms with Crippen molar-refractivity contribution >= 4 is 46.5 Å². The summed E-state index contributed by atoms with van der Waals surface area (Å²) in [6.07, 6.45) is 6.13. The minimum absolute atomic E-state index is 0. The van der Waals surface area contributed by atoms with Crippen LogP contribution in [0.15, 0.2) is 63.3 Å². The van der Waals surface area contributed by atoms with E-state index in [-0.39, 0.29) is 20.7 Å². The molecule has 3 unspecified atom stereocenters. The SMILES string of the molecule is C.C.Cn1cc2c(Cl)c(/C(N)=C3\N=CC=NCCC4C(CN)C4CN=C3N)ccc2n1.Fc1cccc(F)c1. The van der Waals surface area contributed by atoms with Gasteiger partial charge in [0.05, 0.1) is 16.2 Å². The topological polar surface area (TPSA) is 133 Å². The van der Waals surface area contributed by atoms with Crippen molar-refractivity contribution < 1.29 is 8.78 Å². The number of rotatable bonds is 2. The van der Waals surface area contributed by atoms with Gasteiger partial charge >= 0.3 is 0 Å². The molecule has 39 heavy (non-hydrogen) atoms. The Morgan fingerprint density at radius 1 is 1.10 bits per heavy atom. The number of aromatic nitrogens is 2. The van der Waals surface area contributed by atoms with Gasteiger partial charge in [-0.2, -0.15) is 5.10 Å². The molecule has 3 atom stereocenters. The van der Waals surface area contributed by atoms with E-state index in [2.05, 4.69) is 20.1 Å². The van der Waals surface area contributed by atoms with Gasteiger partial charge in [0.2, 0.25) is 0 Å². The Labute approximate surface area is 233 Å². The van der Waals surface area contributed by atoms with Gasteiger partial charge in [0.1, 0.15) is 23.2 Å². The highest BCUT2D eigenvalue weighted by Gasteiger charge is 2.47. The quantitative estimate of drug-likeness (QED) is 0.416. The molecule has 1 aromatic heterocycles. The van der Waals surface area contributed by atoms with Gasteiger partial charge in [0.25, 0.3) is 0 Å². The predicted molar refractivity (Wildman–Crippen MR) is 159 cm³/mol. The maximum absolute atomic E-state index is 11.9. The summed E-state index contributed by atoms with van der Waals surface area (Å²) in [6.45, 7) is 2.03. The molecule has 0 radical (unpaired) electrons. The van der Waals surface area contributed by atoms with Crippen LogP contribution in [0.25, 0.3) is 16.6 Å². The summed E-state index contributed by atoms with van der Waals surface area (Å²) in [6, 6.07) is 8.25. The molecule has 2 heterocycles. The van der Waals surface area contributed by atoms with Gasteiger partial charge in [-0.05, 0) is 55.0 Å².